The van der Waals surface area contributed by atoms with Crippen LogP contribution in [0.1, 0.15) is 135 Å². The lowest BCUT2D eigenvalue weighted by molar-refractivity contribution is 0.592. The predicted molar refractivity (Wildman–Crippen MR) is 317 cm³/mol. The SMILES string of the molecule is C=C/C=C(\CCc1ccccc1)c1ccc(C(C)(C)C)c(-c2ccc(-c3cccc(-c4ccccc4CCC)c3C)cc2)c1.CC.CC.CC1=CC(c2ccc3c(c2)sc2ccccc23)C=C1.CCC. The zero-order valence-electron chi connectivity index (χ0n) is 44.6. The smallest absolute Gasteiger partial charge is 0.0358 e. The third-order valence-corrected chi connectivity index (χ3v) is 13.6. The zero-order valence-corrected chi connectivity index (χ0v) is 45.4. The molecule has 0 fully saturated rings. The average molecular weight is 941 g/mol. The fraction of sp³-hybridized carbons (Fsp3) is 0.275. The second-order valence-corrected chi connectivity index (χ2v) is 19.8. The van der Waals surface area contributed by atoms with Crippen molar-refractivity contribution in [2.45, 2.75) is 127 Å². The van der Waals surface area contributed by atoms with E-state index in [0.29, 0.717) is 5.92 Å². The van der Waals surface area contributed by atoms with Crippen LogP contribution < -0.4 is 0 Å². The van der Waals surface area contributed by atoms with Crippen molar-refractivity contribution in [3.8, 4) is 33.4 Å². The van der Waals surface area contributed by atoms with Gasteiger partial charge in [0.25, 0.3) is 0 Å². The molecule has 70 heavy (non-hydrogen) atoms. The number of benzene rings is 7. The fourth-order valence-corrected chi connectivity index (χ4v) is 10.3. The molecule has 0 N–H and O–H groups in total. The summed E-state index contributed by atoms with van der Waals surface area (Å²) in [6, 6.07) is 58.1. The second kappa shape index (κ2) is 27.2. The van der Waals surface area contributed by atoms with Gasteiger partial charge in [-0.2, -0.15) is 0 Å². The van der Waals surface area contributed by atoms with Crippen LogP contribution in [0.4, 0.5) is 0 Å². The number of hydrogen-bond donors (Lipinski definition) is 0. The standard InChI is InChI=1S/C44H46.C18H14S.C3H8.2C2H6/c1-7-15-34(24-23-33-17-10-9-11-18-33)38-29-30-43(44(4,5)6)42(31-38)37-27-25-36(26-28-37)39-21-14-22-40(32(39)3)41-20-13-12-19-35(41)16-8-2;1-12-6-7-13(10-12)14-8-9-16-15-4-2-3-5-17(15)19-18(16)11-14;1-3-2;2*1-2/h7,9-15,17-22,25-31H,1,8,16,23-24H2,2-6H3;2-11,13H,1H3;3H2,1-2H3;2*1-2H3/b34-15+;;;;. The minimum Gasteiger partial charge on any atom is -0.135 e. The molecule has 7 aromatic carbocycles. The molecule has 0 saturated carbocycles. The lowest BCUT2D eigenvalue weighted by Gasteiger charge is -2.24. The van der Waals surface area contributed by atoms with Gasteiger partial charge in [-0.1, -0.05) is 264 Å². The van der Waals surface area contributed by atoms with Gasteiger partial charge in [0.1, 0.15) is 0 Å². The second-order valence-electron chi connectivity index (χ2n) is 18.7. The van der Waals surface area contributed by atoms with Crippen molar-refractivity contribution in [2.24, 2.45) is 0 Å². The molecule has 362 valence electrons. The van der Waals surface area contributed by atoms with Gasteiger partial charge >= 0.3 is 0 Å². The zero-order chi connectivity index (χ0) is 50.6. The van der Waals surface area contributed by atoms with Gasteiger partial charge in [-0.25, -0.2) is 0 Å². The Morgan fingerprint density at radius 3 is 1.87 bits per heavy atom. The summed E-state index contributed by atoms with van der Waals surface area (Å²) in [4.78, 5) is 0. The number of rotatable bonds is 11. The van der Waals surface area contributed by atoms with Crippen LogP contribution in [0.2, 0.25) is 0 Å². The van der Waals surface area contributed by atoms with E-state index in [-0.39, 0.29) is 5.41 Å². The van der Waals surface area contributed by atoms with Gasteiger partial charge < -0.3 is 0 Å². The highest BCUT2D eigenvalue weighted by atomic mass is 32.1. The predicted octanol–water partition coefficient (Wildman–Crippen LogP) is 21.6. The highest BCUT2D eigenvalue weighted by Crippen LogP contribution is 2.40. The highest BCUT2D eigenvalue weighted by Gasteiger charge is 2.21. The summed E-state index contributed by atoms with van der Waals surface area (Å²) in [5.41, 5.74) is 18.6. The summed E-state index contributed by atoms with van der Waals surface area (Å²) in [6.07, 6.45) is 16.4. The molecule has 1 unspecified atom stereocenters. The number of allylic oxidation sites excluding steroid dienone is 7. The van der Waals surface area contributed by atoms with Crippen LogP contribution >= 0.6 is 11.3 Å². The Hall–Kier alpha value is -6.28. The van der Waals surface area contributed by atoms with Crippen LogP contribution in [0.25, 0.3) is 59.1 Å². The first-order valence-corrected chi connectivity index (χ1v) is 26.9. The summed E-state index contributed by atoms with van der Waals surface area (Å²) in [7, 11) is 0. The van der Waals surface area contributed by atoms with Gasteiger partial charge in [0.2, 0.25) is 0 Å². The summed E-state index contributed by atoms with van der Waals surface area (Å²) in [5, 5.41) is 2.76. The van der Waals surface area contributed by atoms with Crippen LogP contribution in [0.3, 0.4) is 0 Å². The fourth-order valence-electron chi connectivity index (χ4n) is 9.17. The van der Waals surface area contributed by atoms with E-state index in [1.54, 1.807) is 0 Å². The molecule has 0 aliphatic heterocycles. The van der Waals surface area contributed by atoms with E-state index in [0.717, 1.165) is 25.7 Å². The Kier molecular flexibility index (Phi) is 21.2. The summed E-state index contributed by atoms with van der Waals surface area (Å²) >= 11 is 1.89. The quantitative estimate of drug-likeness (QED) is 0.113. The third-order valence-electron chi connectivity index (χ3n) is 12.5. The Balaban J connectivity index is 0.000000288. The maximum atomic E-state index is 4.03. The maximum Gasteiger partial charge on any atom is 0.0358 e. The molecule has 9 rings (SSSR count). The molecular formula is C69H80S. The molecule has 0 nitrogen and oxygen atoms in total. The van der Waals surface area contributed by atoms with Crippen LogP contribution in [0.15, 0.2) is 200 Å². The molecule has 8 aromatic rings. The molecular weight excluding hydrogens is 861 g/mol. The highest BCUT2D eigenvalue weighted by molar-refractivity contribution is 7.25. The molecule has 1 atom stereocenters. The van der Waals surface area contributed by atoms with Gasteiger partial charge in [-0.3, -0.25) is 0 Å². The van der Waals surface area contributed by atoms with E-state index >= 15 is 0 Å². The average Bonchev–Trinajstić information content (AvgIpc) is 4.00. The number of thiophene rings is 1. The summed E-state index contributed by atoms with van der Waals surface area (Å²) < 4.78 is 2.77. The maximum absolute atomic E-state index is 4.03. The van der Waals surface area contributed by atoms with Crippen molar-refractivity contribution in [3.05, 3.63) is 234 Å². The van der Waals surface area contributed by atoms with Gasteiger partial charge in [0.05, 0.1) is 0 Å². The molecule has 0 bridgehead atoms. The molecule has 1 heteroatoms. The Morgan fingerprint density at radius 1 is 0.600 bits per heavy atom. The molecule has 0 saturated heterocycles. The van der Waals surface area contributed by atoms with E-state index in [1.807, 2.05) is 45.1 Å². The van der Waals surface area contributed by atoms with E-state index < -0.39 is 0 Å². The monoisotopic (exact) mass is 941 g/mol. The molecule has 0 spiro atoms. The van der Waals surface area contributed by atoms with Crippen molar-refractivity contribution >= 4 is 37.1 Å². The molecule has 0 radical (unpaired) electrons. The first-order chi connectivity index (χ1) is 34.0. The first-order valence-electron chi connectivity index (χ1n) is 26.1. The van der Waals surface area contributed by atoms with E-state index in [1.165, 1.54) is 105 Å². The number of aryl methyl sites for hydroxylation is 2. The normalized spacial score (nSPS) is 12.9. The van der Waals surface area contributed by atoms with Crippen molar-refractivity contribution in [2.75, 3.05) is 0 Å². The largest absolute Gasteiger partial charge is 0.135 e. The molecule has 1 heterocycles. The van der Waals surface area contributed by atoms with Crippen molar-refractivity contribution < 1.29 is 0 Å². The van der Waals surface area contributed by atoms with Crippen LogP contribution in [-0.2, 0) is 18.3 Å². The molecule has 1 aromatic heterocycles. The summed E-state index contributed by atoms with van der Waals surface area (Å²) in [6.45, 7) is 29.9. The van der Waals surface area contributed by atoms with Crippen LogP contribution in [0.5, 0.6) is 0 Å². The minimum absolute atomic E-state index is 0.0235. The molecule has 0 amide bonds. The first kappa shape index (κ1) is 54.7. The lowest BCUT2D eigenvalue weighted by atomic mass is 9.80. The topological polar surface area (TPSA) is 0 Å². The Bertz CT molecular complexity index is 2980. The van der Waals surface area contributed by atoms with Gasteiger partial charge in [0, 0.05) is 26.1 Å². The van der Waals surface area contributed by atoms with Gasteiger partial charge in [-0.15, -0.1) is 11.3 Å². The van der Waals surface area contributed by atoms with Crippen molar-refractivity contribution in [3.63, 3.8) is 0 Å². The minimum atomic E-state index is 0.0235. The van der Waals surface area contributed by atoms with Crippen molar-refractivity contribution in [1.82, 2.24) is 0 Å². The van der Waals surface area contributed by atoms with Gasteiger partial charge in [-0.05, 0) is 129 Å². The lowest BCUT2D eigenvalue weighted by Crippen LogP contribution is -2.13. The van der Waals surface area contributed by atoms with Crippen LogP contribution in [-0.4, -0.2) is 0 Å². The van der Waals surface area contributed by atoms with E-state index in [2.05, 4.69) is 244 Å². The Morgan fingerprint density at radius 2 is 1.21 bits per heavy atom. The van der Waals surface area contributed by atoms with Crippen molar-refractivity contribution in [1.29, 1.82) is 0 Å². The third kappa shape index (κ3) is 13.9. The van der Waals surface area contributed by atoms with E-state index in [9.17, 15) is 0 Å². The number of fused-ring (bicyclic) bond motifs is 3. The van der Waals surface area contributed by atoms with Gasteiger partial charge in [0.15, 0.2) is 0 Å². The molecule has 1 aliphatic carbocycles. The molecule has 1 aliphatic rings. The summed E-state index contributed by atoms with van der Waals surface area (Å²) in [5.74, 6) is 0.453. The number of hydrogen-bond acceptors (Lipinski definition) is 1. The Labute approximate surface area is 428 Å². The van der Waals surface area contributed by atoms with Crippen LogP contribution in [0, 0.1) is 6.92 Å². The van der Waals surface area contributed by atoms with E-state index in [4.69, 9.17) is 0 Å².